The van der Waals surface area contributed by atoms with Crippen LogP contribution in [-0.2, 0) is 4.74 Å². The molecule has 0 fully saturated rings. The van der Waals surface area contributed by atoms with Gasteiger partial charge in [0.1, 0.15) is 0 Å². The number of hydrogen-bond donors (Lipinski definition) is 1. The summed E-state index contributed by atoms with van der Waals surface area (Å²) in [6.45, 7) is 6.22. The number of rotatable bonds is 8. The molecule has 0 aliphatic heterocycles. The molecule has 2 atom stereocenters. The first-order valence-electron chi connectivity index (χ1n) is 5.40. The summed E-state index contributed by atoms with van der Waals surface area (Å²) in [6, 6.07) is 0.449. The van der Waals surface area contributed by atoms with E-state index in [9.17, 15) is 0 Å². The Morgan fingerprint density at radius 2 is 2.21 bits per heavy atom. The fourth-order valence-corrected chi connectivity index (χ4v) is 1.57. The molecule has 0 heterocycles. The average Bonchev–Trinajstić information content (AvgIpc) is 2.15. The highest BCUT2D eigenvalue weighted by Gasteiger charge is 2.11. The van der Waals surface area contributed by atoms with Gasteiger partial charge in [-0.05, 0) is 25.3 Å². The first kappa shape index (κ1) is 13.5. The van der Waals surface area contributed by atoms with Gasteiger partial charge in [-0.25, -0.2) is 0 Å². The zero-order valence-electron chi connectivity index (χ0n) is 9.68. The van der Waals surface area contributed by atoms with Crippen LogP contribution in [0.15, 0.2) is 0 Å². The lowest BCUT2D eigenvalue weighted by Crippen LogP contribution is -2.31. The summed E-state index contributed by atoms with van der Waals surface area (Å²) in [5.74, 6) is 3.29. The Hall–Kier alpha value is -0.520. The number of hydrogen-bond acceptors (Lipinski definition) is 2. The van der Waals surface area contributed by atoms with Crippen LogP contribution in [0.3, 0.4) is 0 Å². The second-order valence-electron chi connectivity index (χ2n) is 3.86. The van der Waals surface area contributed by atoms with Crippen LogP contribution in [0.2, 0.25) is 0 Å². The maximum absolute atomic E-state index is 5.33. The van der Waals surface area contributed by atoms with Crippen molar-refractivity contribution in [3.63, 3.8) is 0 Å². The molecular weight excluding hydrogens is 174 g/mol. The summed E-state index contributed by atoms with van der Waals surface area (Å²) in [5.41, 5.74) is 0. The molecule has 2 heteroatoms. The molecule has 2 unspecified atom stereocenters. The van der Waals surface area contributed by atoms with E-state index < -0.39 is 0 Å². The third kappa shape index (κ3) is 6.94. The van der Waals surface area contributed by atoms with Crippen molar-refractivity contribution in [3.05, 3.63) is 0 Å². The summed E-state index contributed by atoms with van der Waals surface area (Å²) in [5, 5.41) is 3.46. The zero-order chi connectivity index (χ0) is 10.8. The SMILES string of the molecule is C#CCC(CC(C)COC)NCCC. The third-order valence-corrected chi connectivity index (χ3v) is 2.19. The highest BCUT2D eigenvalue weighted by Crippen LogP contribution is 2.08. The third-order valence-electron chi connectivity index (χ3n) is 2.19. The summed E-state index contributed by atoms with van der Waals surface area (Å²) in [6.07, 6.45) is 8.39. The van der Waals surface area contributed by atoms with E-state index in [-0.39, 0.29) is 0 Å². The molecule has 0 radical (unpaired) electrons. The Labute approximate surface area is 88.4 Å². The Morgan fingerprint density at radius 1 is 1.50 bits per heavy atom. The predicted molar refractivity (Wildman–Crippen MR) is 61.2 cm³/mol. The first-order valence-corrected chi connectivity index (χ1v) is 5.40. The molecule has 0 aromatic rings. The van der Waals surface area contributed by atoms with Crippen LogP contribution in [0.25, 0.3) is 0 Å². The number of terminal acetylenes is 1. The molecule has 0 amide bonds. The standard InChI is InChI=1S/C12H23NO/c1-5-7-12(13-8-6-2)9-11(3)10-14-4/h1,11-13H,6-10H2,2-4H3. The highest BCUT2D eigenvalue weighted by atomic mass is 16.5. The van der Waals surface area contributed by atoms with Gasteiger partial charge in [0.2, 0.25) is 0 Å². The van der Waals surface area contributed by atoms with Gasteiger partial charge in [-0.3, -0.25) is 0 Å². The Bertz CT molecular complexity index is 162. The van der Waals surface area contributed by atoms with Crippen molar-refractivity contribution in [1.29, 1.82) is 0 Å². The monoisotopic (exact) mass is 197 g/mol. The van der Waals surface area contributed by atoms with Gasteiger partial charge >= 0.3 is 0 Å². The summed E-state index contributed by atoms with van der Waals surface area (Å²) in [4.78, 5) is 0. The minimum atomic E-state index is 0.449. The van der Waals surface area contributed by atoms with Crippen molar-refractivity contribution in [2.24, 2.45) is 5.92 Å². The Balaban J connectivity index is 3.77. The van der Waals surface area contributed by atoms with Crippen molar-refractivity contribution in [1.82, 2.24) is 5.32 Å². The lowest BCUT2D eigenvalue weighted by Gasteiger charge is -2.19. The van der Waals surface area contributed by atoms with Crippen LogP contribution in [0.5, 0.6) is 0 Å². The second kappa shape index (κ2) is 9.05. The van der Waals surface area contributed by atoms with E-state index in [1.54, 1.807) is 7.11 Å². The number of nitrogens with one attached hydrogen (secondary N) is 1. The van der Waals surface area contributed by atoms with Crippen LogP contribution in [0.4, 0.5) is 0 Å². The van der Waals surface area contributed by atoms with Crippen molar-refractivity contribution in [2.75, 3.05) is 20.3 Å². The predicted octanol–water partition coefficient (Wildman–Crippen LogP) is 2.05. The average molecular weight is 197 g/mol. The van der Waals surface area contributed by atoms with Gasteiger partial charge in [0.05, 0.1) is 0 Å². The van der Waals surface area contributed by atoms with Crippen molar-refractivity contribution in [3.8, 4) is 12.3 Å². The first-order chi connectivity index (χ1) is 6.74. The van der Waals surface area contributed by atoms with Gasteiger partial charge in [-0.1, -0.05) is 13.8 Å². The van der Waals surface area contributed by atoms with Crippen molar-refractivity contribution < 1.29 is 4.74 Å². The molecule has 14 heavy (non-hydrogen) atoms. The van der Waals surface area contributed by atoms with E-state index >= 15 is 0 Å². The van der Waals surface area contributed by atoms with E-state index in [0.29, 0.717) is 12.0 Å². The minimum absolute atomic E-state index is 0.449. The number of ether oxygens (including phenoxy) is 1. The molecule has 0 aromatic carbocycles. The summed E-state index contributed by atoms with van der Waals surface area (Å²) < 4.78 is 5.11. The van der Waals surface area contributed by atoms with E-state index in [2.05, 4.69) is 25.1 Å². The van der Waals surface area contributed by atoms with Gasteiger partial charge in [0.25, 0.3) is 0 Å². The van der Waals surface area contributed by atoms with E-state index in [4.69, 9.17) is 11.2 Å². The van der Waals surface area contributed by atoms with Gasteiger partial charge in [-0.2, -0.15) is 0 Å². The fourth-order valence-electron chi connectivity index (χ4n) is 1.57. The van der Waals surface area contributed by atoms with E-state index in [0.717, 1.165) is 32.4 Å². The molecule has 0 aromatic heterocycles. The quantitative estimate of drug-likeness (QED) is 0.601. The molecule has 2 nitrogen and oxygen atoms in total. The maximum Gasteiger partial charge on any atom is 0.0488 e. The van der Waals surface area contributed by atoms with Gasteiger partial charge < -0.3 is 10.1 Å². The van der Waals surface area contributed by atoms with Crippen LogP contribution < -0.4 is 5.32 Å². The molecule has 0 saturated carbocycles. The molecule has 0 spiro atoms. The molecule has 0 bridgehead atoms. The molecular formula is C12H23NO. The normalized spacial score (nSPS) is 14.7. The molecule has 1 N–H and O–H groups in total. The lowest BCUT2D eigenvalue weighted by atomic mass is 10.0. The number of methoxy groups -OCH3 is 1. The smallest absolute Gasteiger partial charge is 0.0488 e. The minimum Gasteiger partial charge on any atom is -0.384 e. The molecule has 0 saturated heterocycles. The van der Waals surface area contributed by atoms with Crippen LogP contribution in [0.1, 0.15) is 33.1 Å². The molecule has 0 aliphatic carbocycles. The van der Waals surface area contributed by atoms with Crippen LogP contribution in [-0.4, -0.2) is 26.3 Å². The van der Waals surface area contributed by atoms with Crippen LogP contribution >= 0.6 is 0 Å². The highest BCUT2D eigenvalue weighted by molar-refractivity contribution is 4.90. The molecule has 0 rings (SSSR count). The zero-order valence-corrected chi connectivity index (χ0v) is 9.68. The lowest BCUT2D eigenvalue weighted by molar-refractivity contribution is 0.149. The van der Waals surface area contributed by atoms with Crippen molar-refractivity contribution >= 4 is 0 Å². The van der Waals surface area contributed by atoms with E-state index in [1.165, 1.54) is 0 Å². The maximum atomic E-state index is 5.33. The second-order valence-corrected chi connectivity index (χ2v) is 3.86. The fraction of sp³-hybridized carbons (Fsp3) is 0.833. The summed E-state index contributed by atoms with van der Waals surface area (Å²) in [7, 11) is 1.74. The van der Waals surface area contributed by atoms with Crippen LogP contribution in [0, 0.1) is 18.3 Å². The van der Waals surface area contributed by atoms with Gasteiger partial charge in [0.15, 0.2) is 0 Å². The summed E-state index contributed by atoms with van der Waals surface area (Å²) >= 11 is 0. The topological polar surface area (TPSA) is 21.3 Å². The molecule has 82 valence electrons. The van der Waals surface area contributed by atoms with Gasteiger partial charge in [-0.15, -0.1) is 12.3 Å². The Kier molecular flexibility index (Phi) is 8.72. The largest absolute Gasteiger partial charge is 0.384 e. The Morgan fingerprint density at radius 3 is 2.71 bits per heavy atom. The van der Waals surface area contributed by atoms with E-state index in [1.807, 2.05) is 0 Å². The molecule has 0 aliphatic rings. The van der Waals surface area contributed by atoms with Gasteiger partial charge in [0, 0.05) is 26.2 Å². The van der Waals surface area contributed by atoms with Crippen molar-refractivity contribution in [2.45, 2.75) is 39.2 Å².